The predicted molar refractivity (Wildman–Crippen MR) is 95.5 cm³/mol. The zero-order valence-corrected chi connectivity index (χ0v) is 14.8. The van der Waals surface area contributed by atoms with Crippen LogP contribution in [-0.2, 0) is 20.7 Å². The van der Waals surface area contributed by atoms with Crippen LogP contribution in [-0.4, -0.2) is 18.0 Å². The van der Waals surface area contributed by atoms with Crippen molar-refractivity contribution in [2.24, 2.45) is 0 Å². The maximum atomic E-state index is 12.1. The lowest BCUT2D eigenvalue weighted by molar-refractivity contribution is -0.152. The number of hydrogen-bond acceptors (Lipinski definition) is 3. The van der Waals surface area contributed by atoms with Gasteiger partial charge in [0.05, 0.1) is 22.2 Å². The van der Waals surface area contributed by atoms with Crippen LogP contribution in [0.25, 0.3) is 0 Å². The van der Waals surface area contributed by atoms with Crippen LogP contribution >= 0.6 is 23.2 Å². The Morgan fingerprint density at radius 2 is 1.67 bits per heavy atom. The molecule has 0 unspecified atom stereocenters. The van der Waals surface area contributed by atoms with Gasteiger partial charge in [-0.3, -0.25) is 9.59 Å². The van der Waals surface area contributed by atoms with Gasteiger partial charge in [-0.25, -0.2) is 0 Å². The van der Waals surface area contributed by atoms with Gasteiger partial charge in [-0.15, -0.1) is 0 Å². The van der Waals surface area contributed by atoms with Crippen LogP contribution in [0.2, 0.25) is 10.0 Å². The number of anilines is 1. The summed E-state index contributed by atoms with van der Waals surface area (Å²) in [7, 11) is 0. The Labute approximate surface area is 150 Å². The third-order valence-corrected chi connectivity index (χ3v) is 3.99. The van der Waals surface area contributed by atoms with Crippen LogP contribution in [0.15, 0.2) is 42.5 Å². The molecule has 0 bridgehead atoms. The van der Waals surface area contributed by atoms with Crippen molar-refractivity contribution in [2.75, 3.05) is 5.32 Å². The summed E-state index contributed by atoms with van der Waals surface area (Å²) >= 11 is 12.0. The fourth-order valence-corrected chi connectivity index (χ4v) is 2.50. The fourth-order valence-electron chi connectivity index (χ4n) is 2.01. The van der Waals surface area contributed by atoms with Gasteiger partial charge >= 0.3 is 5.97 Å². The molecule has 6 heteroatoms. The highest BCUT2D eigenvalue weighted by Crippen LogP contribution is 2.29. The molecule has 4 nitrogen and oxygen atoms in total. The first-order chi connectivity index (χ1) is 11.4. The summed E-state index contributed by atoms with van der Waals surface area (Å²) in [6, 6.07) is 12.4. The van der Waals surface area contributed by atoms with Gasteiger partial charge in [0.2, 0.25) is 0 Å². The van der Waals surface area contributed by atoms with Crippen molar-refractivity contribution < 1.29 is 14.3 Å². The van der Waals surface area contributed by atoms with Crippen LogP contribution in [0.5, 0.6) is 0 Å². The molecule has 0 fully saturated rings. The van der Waals surface area contributed by atoms with E-state index in [2.05, 4.69) is 5.32 Å². The maximum Gasteiger partial charge on any atom is 0.311 e. The van der Waals surface area contributed by atoms with Crippen molar-refractivity contribution in [3.63, 3.8) is 0 Å². The highest BCUT2D eigenvalue weighted by atomic mass is 35.5. The summed E-state index contributed by atoms with van der Waals surface area (Å²) in [4.78, 5) is 24.1. The lowest BCUT2D eigenvalue weighted by Crippen LogP contribution is -2.30. The summed E-state index contributed by atoms with van der Waals surface area (Å²) < 4.78 is 5.16. The minimum absolute atomic E-state index is 0.102. The number of ether oxygens (including phenoxy) is 1. The first-order valence-electron chi connectivity index (χ1n) is 7.36. The normalized spacial score (nSPS) is 11.7. The minimum Gasteiger partial charge on any atom is -0.452 e. The molecular weight excluding hydrogens is 349 g/mol. The monoisotopic (exact) mass is 365 g/mol. The second-order valence-electron chi connectivity index (χ2n) is 5.38. The van der Waals surface area contributed by atoms with E-state index in [1.807, 2.05) is 31.2 Å². The quantitative estimate of drug-likeness (QED) is 0.798. The molecule has 0 aliphatic heterocycles. The van der Waals surface area contributed by atoms with Crippen molar-refractivity contribution in [2.45, 2.75) is 26.4 Å². The van der Waals surface area contributed by atoms with E-state index < -0.39 is 18.0 Å². The van der Waals surface area contributed by atoms with Gasteiger partial charge in [0.1, 0.15) is 0 Å². The van der Waals surface area contributed by atoms with Crippen LogP contribution in [0.1, 0.15) is 18.1 Å². The standard InChI is InChI=1S/C18H17Cl2NO3/c1-11-6-8-13(9-7-11)10-16(22)24-12(2)18(23)21-17-14(19)4-3-5-15(17)20/h3-9,12H,10H2,1-2H3,(H,21,23)/t12-/m0/s1. The summed E-state index contributed by atoms with van der Waals surface area (Å²) in [5.41, 5.74) is 2.23. The minimum atomic E-state index is -0.963. The molecule has 0 aromatic heterocycles. The molecule has 126 valence electrons. The van der Waals surface area contributed by atoms with Crippen LogP contribution < -0.4 is 5.32 Å². The van der Waals surface area contributed by atoms with Crippen molar-refractivity contribution in [1.29, 1.82) is 0 Å². The number of halogens is 2. The SMILES string of the molecule is Cc1ccc(CC(=O)O[C@@H](C)C(=O)Nc2c(Cl)cccc2Cl)cc1. The number of esters is 1. The number of rotatable bonds is 5. The number of amides is 1. The summed E-state index contributed by atoms with van der Waals surface area (Å²) in [6.45, 7) is 3.46. The van der Waals surface area contributed by atoms with Gasteiger partial charge in [-0.2, -0.15) is 0 Å². The fraction of sp³-hybridized carbons (Fsp3) is 0.222. The average molecular weight is 366 g/mol. The van der Waals surface area contributed by atoms with Crippen molar-refractivity contribution in [3.05, 3.63) is 63.6 Å². The molecule has 0 radical (unpaired) electrons. The molecule has 2 aromatic carbocycles. The first kappa shape index (κ1) is 18.3. The number of hydrogen-bond donors (Lipinski definition) is 1. The Balaban J connectivity index is 1.93. The zero-order chi connectivity index (χ0) is 17.7. The van der Waals surface area contributed by atoms with E-state index in [0.29, 0.717) is 15.7 Å². The number of benzene rings is 2. The molecule has 1 amide bonds. The van der Waals surface area contributed by atoms with Gasteiger partial charge in [0.15, 0.2) is 6.10 Å². The zero-order valence-electron chi connectivity index (χ0n) is 13.3. The lowest BCUT2D eigenvalue weighted by atomic mass is 10.1. The number of aryl methyl sites for hydroxylation is 1. The van der Waals surface area contributed by atoms with Crippen LogP contribution in [0.4, 0.5) is 5.69 Å². The molecule has 0 spiro atoms. The van der Waals surface area contributed by atoms with Crippen molar-refractivity contribution >= 4 is 40.8 Å². The molecule has 0 aliphatic carbocycles. The van der Waals surface area contributed by atoms with Crippen LogP contribution in [0, 0.1) is 6.92 Å². The Hall–Kier alpha value is -2.04. The molecule has 0 aliphatic rings. The Morgan fingerprint density at radius 3 is 2.25 bits per heavy atom. The molecule has 0 heterocycles. The smallest absolute Gasteiger partial charge is 0.311 e. The second kappa shape index (κ2) is 8.18. The van der Waals surface area contributed by atoms with E-state index in [9.17, 15) is 9.59 Å². The van der Waals surface area contributed by atoms with E-state index in [4.69, 9.17) is 27.9 Å². The molecule has 0 saturated carbocycles. The predicted octanol–water partition coefficient (Wildman–Crippen LogP) is 4.41. The molecular formula is C18H17Cl2NO3. The molecule has 1 atom stereocenters. The third kappa shape index (κ3) is 4.98. The first-order valence-corrected chi connectivity index (χ1v) is 8.12. The molecule has 0 saturated heterocycles. The van der Waals surface area contributed by atoms with Gasteiger partial charge < -0.3 is 10.1 Å². The molecule has 1 N–H and O–H groups in total. The number of carbonyl (C=O) groups is 2. The number of carbonyl (C=O) groups excluding carboxylic acids is 2. The van der Waals surface area contributed by atoms with Gasteiger partial charge in [-0.1, -0.05) is 59.1 Å². The van der Waals surface area contributed by atoms with Crippen molar-refractivity contribution in [1.82, 2.24) is 0 Å². The largest absolute Gasteiger partial charge is 0.452 e. The Kier molecular flexibility index (Phi) is 6.23. The number of nitrogens with one attached hydrogen (secondary N) is 1. The van der Waals surface area contributed by atoms with Gasteiger partial charge in [0, 0.05) is 0 Å². The topological polar surface area (TPSA) is 55.4 Å². The molecule has 24 heavy (non-hydrogen) atoms. The third-order valence-electron chi connectivity index (χ3n) is 3.36. The summed E-state index contributed by atoms with van der Waals surface area (Å²) in [5, 5.41) is 3.20. The van der Waals surface area contributed by atoms with E-state index in [-0.39, 0.29) is 6.42 Å². The summed E-state index contributed by atoms with van der Waals surface area (Å²) in [5.74, 6) is -0.978. The molecule has 2 rings (SSSR count). The maximum absolute atomic E-state index is 12.1. The summed E-state index contributed by atoms with van der Waals surface area (Å²) in [6.07, 6.45) is -0.861. The van der Waals surface area contributed by atoms with Gasteiger partial charge in [-0.05, 0) is 31.5 Å². The van der Waals surface area contributed by atoms with E-state index >= 15 is 0 Å². The Morgan fingerprint density at radius 1 is 1.08 bits per heavy atom. The van der Waals surface area contributed by atoms with E-state index in [1.54, 1.807) is 18.2 Å². The van der Waals surface area contributed by atoms with Crippen LogP contribution in [0.3, 0.4) is 0 Å². The second-order valence-corrected chi connectivity index (χ2v) is 6.19. The number of para-hydroxylation sites is 1. The Bertz CT molecular complexity index is 724. The molecule has 2 aromatic rings. The average Bonchev–Trinajstić information content (AvgIpc) is 2.53. The highest BCUT2D eigenvalue weighted by Gasteiger charge is 2.20. The lowest BCUT2D eigenvalue weighted by Gasteiger charge is -2.15. The van der Waals surface area contributed by atoms with Gasteiger partial charge in [0.25, 0.3) is 5.91 Å². The van der Waals surface area contributed by atoms with E-state index in [0.717, 1.165) is 11.1 Å². The highest BCUT2D eigenvalue weighted by molar-refractivity contribution is 6.39. The van der Waals surface area contributed by atoms with Crippen molar-refractivity contribution in [3.8, 4) is 0 Å². The van der Waals surface area contributed by atoms with E-state index in [1.165, 1.54) is 6.92 Å².